The standard InChI is InChI=1S/C11H11BrClFN2O/c12-8-4-10(14)7(3-9(8)13)11(17)16-6-1-2-15-5-6/h3-4,6,15H,1-2,5H2,(H,16,17). The molecule has 1 atom stereocenters. The third kappa shape index (κ3) is 2.97. The van der Waals surface area contributed by atoms with E-state index in [1.54, 1.807) is 0 Å². The number of amides is 1. The van der Waals surface area contributed by atoms with Gasteiger partial charge < -0.3 is 10.6 Å². The lowest BCUT2D eigenvalue weighted by Crippen LogP contribution is -2.36. The molecule has 0 spiro atoms. The second-order valence-electron chi connectivity index (χ2n) is 3.91. The minimum Gasteiger partial charge on any atom is -0.348 e. The number of carbonyl (C=O) groups is 1. The second-order valence-corrected chi connectivity index (χ2v) is 5.17. The van der Waals surface area contributed by atoms with Crippen LogP contribution >= 0.6 is 27.5 Å². The van der Waals surface area contributed by atoms with Gasteiger partial charge in [-0.05, 0) is 41.0 Å². The van der Waals surface area contributed by atoms with E-state index in [2.05, 4.69) is 26.6 Å². The molecule has 1 unspecified atom stereocenters. The van der Waals surface area contributed by atoms with Gasteiger partial charge in [-0.2, -0.15) is 0 Å². The number of carbonyl (C=O) groups excluding carboxylic acids is 1. The highest BCUT2D eigenvalue weighted by Crippen LogP contribution is 2.25. The summed E-state index contributed by atoms with van der Waals surface area (Å²) in [5, 5.41) is 6.21. The van der Waals surface area contributed by atoms with Crippen molar-refractivity contribution in [2.45, 2.75) is 12.5 Å². The van der Waals surface area contributed by atoms with Gasteiger partial charge in [-0.25, -0.2) is 4.39 Å². The summed E-state index contributed by atoms with van der Waals surface area (Å²) in [5.74, 6) is -1.00. The lowest BCUT2D eigenvalue weighted by molar-refractivity contribution is 0.0936. The molecule has 1 fully saturated rings. The van der Waals surface area contributed by atoms with Crippen LogP contribution in [-0.2, 0) is 0 Å². The van der Waals surface area contributed by atoms with E-state index in [1.807, 2.05) is 0 Å². The minimum atomic E-state index is -0.579. The molecule has 1 heterocycles. The van der Waals surface area contributed by atoms with Crippen LogP contribution in [0.25, 0.3) is 0 Å². The molecule has 0 aliphatic carbocycles. The van der Waals surface area contributed by atoms with E-state index in [4.69, 9.17) is 11.6 Å². The summed E-state index contributed by atoms with van der Waals surface area (Å²) >= 11 is 8.94. The molecule has 92 valence electrons. The van der Waals surface area contributed by atoms with Crippen LogP contribution in [0.2, 0.25) is 5.02 Å². The van der Waals surface area contributed by atoms with E-state index in [0.717, 1.165) is 19.5 Å². The monoisotopic (exact) mass is 320 g/mol. The Morgan fingerprint density at radius 1 is 1.59 bits per heavy atom. The normalized spacial score (nSPS) is 19.4. The second kappa shape index (κ2) is 5.33. The number of benzene rings is 1. The van der Waals surface area contributed by atoms with Gasteiger partial charge in [0, 0.05) is 17.1 Å². The topological polar surface area (TPSA) is 41.1 Å². The van der Waals surface area contributed by atoms with Crippen molar-refractivity contribution in [3.8, 4) is 0 Å². The van der Waals surface area contributed by atoms with Crippen LogP contribution in [0.3, 0.4) is 0 Å². The molecule has 1 aliphatic heterocycles. The zero-order valence-electron chi connectivity index (χ0n) is 8.90. The first-order valence-corrected chi connectivity index (χ1v) is 6.41. The molecule has 1 aliphatic rings. The van der Waals surface area contributed by atoms with Gasteiger partial charge in [-0.3, -0.25) is 4.79 Å². The SMILES string of the molecule is O=C(NC1CCNC1)c1cc(Cl)c(Br)cc1F. The molecule has 0 aromatic heterocycles. The maximum absolute atomic E-state index is 13.6. The van der Waals surface area contributed by atoms with Crippen molar-refractivity contribution in [2.75, 3.05) is 13.1 Å². The lowest BCUT2D eigenvalue weighted by Gasteiger charge is -2.12. The molecule has 17 heavy (non-hydrogen) atoms. The molecular formula is C11H11BrClFN2O. The Morgan fingerprint density at radius 3 is 3.00 bits per heavy atom. The quantitative estimate of drug-likeness (QED) is 0.821. The first-order chi connectivity index (χ1) is 8.08. The van der Waals surface area contributed by atoms with E-state index >= 15 is 0 Å². The predicted molar refractivity (Wildman–Crippen MR) is 67.9 cm³/mol. The van der Waals surface area contributed by atoms with Crippen molar-refractivity contribution in [2.24, 2.45) is 0 Å². The minimum absolute atomic E-state index is 0.0231. The average Bonchev–Trinajstić information content (AvgIpc) is 2.76. The molecule has 1 aromatic carbocycles. The molecule has 1 saturated heterocycles. The Hall–Kier alpha value is -0.650. The molecule has 0 saturated carbocycles. The molecule has 0 bridgehead atoms. The lowest BCUT2D eigenvalue weighted by atomic mass is 10.1. The van der Waals surface area contributed by atoms with Crippen molar-refractivity contribution in [1.82, 2.24) is 10.6 Å². The molecular weight excluding hydrogens is 310 g/mol. The summed E-state index contributed by atoms with van der Waals surface area (Å²) in [4.78, 5) is 11.8. The molecule has 6 heteroatoms. The van der Waals surface area contributed by atoms with Crippen molar-refractivity contribution >= 4 is 33.4 Å². The van der Waals surface area contributed by atoms with Gasteiger partial charge in [-0.1, -0.05) is 11.6 Å². The maximum Gasteiger partial charge on any atom is 0.254 e. The van der Waals surface area contributed by atoms with Gasteiger partial charge in [0.25, 0.3) is 5.91 Å². The predicted octanol–water partition coefficient (Wildman–Crippen LogP) is 2.33. The molecule has 2 N–H and O–H groups in total. The van der Waals surface area contributed by atoms with E-state index < -0.39 is 11.7 Å². The fraction of sp³-hybridized carbons (Fsp3) is 0.364. The zero-order valence-corrected chi connectivity index (χ0v) is 11.2. The summed E-state index contributed by atoms with van der Waals surface area (Å²) < 4.78 is 14.0. The first-order valence-electron chi connectivity index (χ1n) is 5.24. The number of hydrogen-bond donors (Lipinski definition) is 2. The summed E-state index contributed by atoms with van der Waals surface area (Å²) in [6.07, 6.45) is 0.859. The number of rotatable bonds is 2. The van der Waals surface area contributed by atoms with Crippen LogP contribution in [0.5, 0.6) is 0 Å². The fourth-order valence-electron chi connectivity index (χ4n) is 1.74. The highest BCUT2D eigenvalue weighted by molar-refractivity contribution is 9.10. The Kier molecular flexibility index (Phi) is 4.01. The zero-order chi connectivity index (χ0) is 12.4. The average molecular weight is 322 g/mol. The van der Waals surface area contributed by atoms with Crippen LogP contribution in [0, 0.1) is 5.82 Å². The highest BCUT2D eigenvalue weighted by Gasteiger charge is 2.20. The van der Waals surface area contributed by atoms with Crippen LogP contribution in [-0.4, -0.2) is 25.0 Å². The van der Waals surface area contributed by atoms with Crippen LogP contribution in [0.4, 0.5) is 4.39 Å². The van der Waals surface area contributed by atoms with E-state index in [-0.39, 0.29) is 11.6 Å². The summed E-state index contributed by atoms with van der Waals surface area (Å²) in [6, 6.07) is 2.59. The van der Waals surface area contributed by atoms with E-state index in [9.17, 15) is 9.18 Å². The molecule has 1 amide bonds. The maximum atomic E-state index is 13.6. The van der Waals surface area contributed by atoms with Crippen molar-refractivity contribution in [3.05, 3.63) is 33.0 Å². The summed E-state index contributed by atoms with van der Waals surface area (Å²) in [7, 11) is 0. The highest BCUT2D eigenvalue weighted by atomic mass is 79.9. The number of halogens is 3. The van der Waals surface area contributed by atoms with Crippen molar-refractivity contribution in [3.63, 3.8) is 0 Å². The summed E-state index contributed by atoms with van der Waals surface area (Å²) in [6.45, 7) is 1.59. The molecule has 2 rings (SSSR count). The van der Waals surface area contributed by atoms with Gasteiger partial charge >= 0.3 is 0 Å². The van der Waals surface area contributed by atoms with E-state index in [0.29, 0.717) is 9.50 Å². The van der Waals surface area contributed by atoms with Gasteiger partial charge in [-0.15, -0.1) is 0 Å². The van der Waals surface area contributed by atoms with Crippen LogP contribution < -0.4 is 10.6 Å². The number of hydrogen-bond acceptors (Lipinski definition) is 2. The molecule has 0 radical (unpaired) electrons. The fourth-order valence-corrected chi connectivity index (χ4v) is 2.22. The number of nitrogens with one attached hydrogen (secondary N) is 2. The van der Waals surface area contributed by atoms with Gasteiger partial charge in [0.15, 0.2) is 0 Å². The Morgan fingerprint density at radius 2 is 2.35 bits per heavy atom. The third-order valence-corrected chi connectivity index (χ3v) is 3.85. The summed E-state index contributed by atoms with van der Waals surface area (Å²) in [5.41, 5.74) is -0.0231. The molecule has 1 aromatic rings. The van der Waals surface area contributed by atoms with E-state index in [1.165, 1.54) is 12.1 Å². The Bertz CT molecular complexity index is 449. The smallest absolute Gasteiger partial charge is 0.254 e. The van der Waals surface area contributed by atoms with Gasteiger partial charge in [0.2, 0.25) is 0 Å². The Balaban J connectivity index is 2.15. The Labute approximate surface area is 112 Å². The van der Waals surface area contributed by atoms with Crippen molar-refractivity contribution < 1.29 is 9.18 Å². The van der Waals surface area contributed by atoms with Crippen LogP contribution in [0.15, 0.2) is 16.6 Å². The first kappa shape index (κ1) is 12.8. The third-order valence-electron chi connectivity index (χ3n) is 2.65. The van der Waals surface area contributed by atoms with Crippen molar-refractivity contribution in [1.29, 1.82) is 0 Å². The van der Waals surface area contributed by atoms with Gasteiger partial charge in [0.05, 0.1) is 10.6 Å². The van der Waals surface area contributed by atoms with Gasteiger partial charge in [0.1, 0.15) is 5.82 Å². The largest absolute Gasteiger partial charge is 0.348 e. The molecule has 3 nitrogen and oxygen atoms in total. The van der Waals surface area contributed by atoms with Crippen LogP contribution in [0.1, 0.15) is 16.8 Å².